The number of hydrogen-bond donors (Lipinski definition) is 2. The number of benzene rings is 8. The quantitative estimate of drug-likeness (QED) is 0.147. The van der Waals surface area contributed by atoms with Gasteiger partial charge in [0.15, 0.2) is 0 Å². The largest absolute Gasteiger partial charge is 0.507 e. The summed E-state index contributed by atoms with van der Waals surface area (Å²) in [5, 5.41) is 27.8. The molecule has 0 amide bonds. The first-order valence-corrected chi connectivity index (χ1v) is 18.3. The maximum atomic E-state index is 11.9. The Morgan fingerprint density at radius 2 is 0.741 bits per heavy atom. The first-order valence-electron chi connectivity index (χ1n) is 18.3. The summed E-state index contributed by atoms with van der Waals surface area (Å²) in [4.78, 5) is 9.82. The van der Waals surface area contributed by atoms with Crippen molar-refractivity contribution in [3.8, 4) is 56.0 Å². The summed E-state index contributed by atoms with van der Waals surface area (Å²) in [5.74, 6) is 0.377. The lowest BCUT2D eigenvalue weighted by molar-refractivity contribution is 0.476. The van der Waals surface area contributed by atoms with Gasteiger partial charge in [0.1, 0.15) is 11.5 Å². The highest BCUT2D eigenvalue weighted by Crippen LogP contribution is 2.44. The van der Waals surface area contributed by atoms with Crippen molar-refractivity contribution in [3.05, 3.63) is 181 Å². The first-order chi connectivity index (χ1) is 26.5. The third-order valence-corrected chi connectivity index (χ3v) is 10.3. The minimum Gasteiger partial charge on any atom is -0.507 e. The molecule has 0 fully saturated rings. The molecule has 0 unspecified atom stereocenters. The van der Waals surface area contributed by atoms with Crippen LogP contribution in [0, 0.1) is 0 Å². The van der Waals surface area contributed by atoms with Gasteiger partial charge in [-0.3, -0.25) is 9.98 Å². The van der Waals surface area contributed by atoms with Gasteiger partial charge in [-0.15, -0.1) is 0 Å². The molecule has 8 rings (SSSR count). The van der Waals surface area contributed by atoms with Gasteiger partial charge in [0.25, 0.3) is 0 Å². The summed E-state index contributed by atoms with van der Waals surface area (Å²) in [6.07, 6.45) is 3.53. The Morgan fingerprint density at radius 1 is 0.407 bits per heavy atom. The van der Waals surface area contributed by atoms with Crippen LogP contribution in [0.25, 0.3) is 66.1 Å². The van der Waals surface area contributed by atoms with Crippen molar-refractivity contribution in [1.29, 1.82) is 0 Å². The average molecular weight is 701 g/mol. The van der Waals surface area contributed by atoms with Gasteiger partial charge in [0.2, 0.25) is 0 Å². The molecule has 0 spiro atoms. The van der Waals surface area contributed by atoms with Gasteiger partial charge in [-0.25, -0.2) is 0 Å². The van der Waals surface area contributed by atoms with E-state index in [0.717, 1.165) is 66.1 Å². The van der Waals surface area contributed by atoms with Crippen LogP contribution in [0.1, 0.15) is 25.0 Å². The summed E-state index contributed by atoms with van der Waals surface area (Å²) < 4.78 is 0. The molecule has 262 valence electrons. The van der Waals surface area contributed by atoms with E-state index in [4.69, 9.17) is 9.98 Å². The van der Waals surface area contributed by atoms with Gasteiger partial charge in [-0.1, -0.05) is 158 Å². The van der Waals surface area contributed by atoms with Gasteiger partial charge in [-0.05, 0) is 80.9 Å². The molecule has 0 aliphatic carbocycles. The Kier molecular flexibility index (Phi) is 9.57. The lowest BCUT2D eigenvalue weighted by Crippen LogP contribution is -2.16. The monoisotopic (exact) mass is 700 g/mol. The minimum atomic E-state index is -0.215. The normalized spacial score (nSPS) is 12.9. The van der Waals surface area contributed by atoms with Crippen molar-refractivity contribution in [3.63, 3.8) is 0 Å². The maximum Gasteiger partial charge on any atom is 0.132 e. The van der Waals surface area contributed by atoms with E-state index in [0.29, 0.717) is 11.1 Å². The molecule has 0 bridgehead atoms. The highest BCUT2D eigenvalue weighted by molar-refractivity contribution is 6.09. The van der Waals surface area contributed by atoms with E-state index in [1.807, 2.05) is 111 Å². The lowest BCUT2D eigenvalue weighted by atomic mass is 9.89. The SMILES string of the molecule is C[C@@H](N=Cc1cc2ccccc2c(-c2ccccc2-c2ccccc2)c1O)[C@@H](C)N=Cc1cc2ccccc2c(-c2ccccc2-c2ccccc2)c1O. The molecule has 0 saturated carbocycles. The molecule has 2 N–H and O–H groups in total. The molecule has 8 aromatic rings. The van der Waals surface area contributed by atoms with E-state index in [-0.39, 0.29) is 23.6 Å². The molecule has 8 aromatic carbocycles. The molecule has 0 aromatic heterocycles. The second kappa shape index (κ2) is 15.1. The standard InChI is InChI=1S/C50H40N2O2/c1-33(51-31-39-29-37-21-9-11-25-43(37)47(49(39)53)45-27-15-13-23-41(45)35-17-5-3-6-18-35)34(2)52-32-40-30-38-22-10-12-26-44(38)48(50(40)54)46-28-16-14-24-42(46)36-19-7-4-8-20-36/h3-34,53-54H,1-2H3/t33-,34-/m1/s1. The summed E-state index contributed by atoms with van der Waals surface area (Å²) in [5.41, 5.74) is 9.03. The molecule has 0 aliphatic rings. The molecular formula is C50H40N2O2. The summed E-state index contributed by atoms with van der Waals surface area (Å²) >= 11 is 0. The van der Waals surface area contributed by atoms with Crippen molar-refractivity contribution >= 4 is 34.0 Å². The maximum absolute atomic E-state index is 11.9. The van der Waals surface area contributed by atoms with Crippen LogP contribution < -0.4 is 0 Å². The zero-order valence-electron chi connectivity index (χ0n) is 30.3. The van der Waals surface area contributed by atoms with Crippen LogP contribution >= 0.6 is 0 Å². The number of aromatic hydroxyl groups is 2. The van der Waals surface area contributed by atoms with E-state index < -0.39 is 0 Å². The smallest absolute Gasteiger partial charge is 0.132 e. The van der Waals surface area contributed by atoms with Crippen molar-refractivity contribution < 1.29 is 10.2 Å². The number of phenols is 2. The fourth-order valence-corrected chi connectivity index (χ4v) is 7.24. The van der Waals surface area contributed by atoms with Crippen molar-refractivity contribution in [2.45, 2.75) is 25.9 Å². The van der Waals surface area contributed by atoms with Crippen LogP contribution in [0.5, 0.6) is 11.5 Å². The summed E-state index contributed by atoms with van der Waals surface area (Å²) in [6.45, 7) is 4.04. The summed E-state index contributed by atoms with van der Waals surface area (Å²) in [7, 11) is 0. The summed E-state index contributed by atoms with van der Waals surface area (Å²) in [6, 6.07) is 56.8. The first kappa shape index (κ1) is 34.3. The molecule has 4 nitrogen and oxygen atoms in total. The fraction of sp³-hybridized carbons (Fsp3) is 0.0800. The van der Waals surface area contributed by atoms with Gasteiger partial charge in [0, 0.05) is 34.7 Å². The van der Waals surface area contributed by atoms with Gasteiger partial charge in [-0.2, -0.15) is 0 Å². The van der Waals surface area contributed by atoms with Crippen molar-refractivity contribution in [2.75, 3.05) is 0 Å². The third-order valence-electron chi connectivity index (χ3n) is 10.3. The van der Waals surface area contributed by atoms with E-state index in [1.165, 1.54) is 0 Å². The van der Waals surface area contributed by atoms with E-state index in [9.17, 15) is 10.2 Å². The predicted octanol–water partition coefficient (Wildman–Crippen LogP) is 12.4. The van der Waals surface area contributed by atoms with Gasteiger partial charge < -0.3 is 10.2 Å². The number of fused-ring (bicyclic) bond motifs is 2. The number of aliphatic imine (C=N–C) groups is 2. The lowest BCUT2D eigenvalue weighted by Gasteiger charge is -2.17. The Morgan fingerprint density at radius 3 is 1.15 bits per heavy atom. The van der Waals surface area contributed by atoms with Crippen LogP contribution in [0.3, 0.4) is 0 Å². The second-order valence-corrected chi connectivity index (χ2v) is 13.7. The van der Waals surface area contributed by atoms with E-state index >= 15 is 0 Å². The van der Waals surface area contributed by atoms with Gasteiger partial charge >= 0.3 is 0 Å². The molecule has 0 radical (unpaired) electrons. The highest BCUT2D eigenvalue weighted by atomic mass is 16.3. The van der Waals surface area contributed by atoms with Crippen molar-refractivity contribution in [1.82, 2.24) is 0 Å². The predicted molar refractivity (Wildman–Crippen MR) is 227 cm³/mol. The Hall–Kier alpha value is -6.78. The van der Waals surface area contributed by atoms with Crippen LogP contribution in [-0.2, 0) is 0 Å². The van der Waals surface area contributed by atoms with E-state index in [1.54, 1.807) is 12.4 Å². The topological polar surface area (TPSA) is 65.2 Å². The molecule has 0 saturated heterocycles. The Labute approximate surface area is 316 Å². The Balaban J connectivity index is 1.13. The molecule has 4 heteroatoms. The number of nitrogens with zero attached hydrogens (tertiary/aromatic N) is 2. The third kappa shape index (κ3) is 6.66. The van der Waals surface area contributed by atoms with Crippen LogP contribution in [0.4, 0.5) is 0 Å². The average Bonchev–Trinajstić information content (AvgIpc) is 3.22. The highest BCUT2D eigenvalue weighted by Gasteiger charge is 2.20. The minimum absolute atomic E-state index is 0.189. The fourth-order valence-electron chi connectivity index (χ4n) is 7.24. The molecule has 0 heterocycles. The Bertz CT molecular complexity index is 2480. The van der Waals surface area contributed by atoms with Crippen LogP contribution in [0.2, 0.25) is 0 Å². The van der Waals surface area contributed by atoms with Crippen molar-refractivity contribution in [2.24, 2.45) is 9.98 Å². The van der Waals surface area contributed by atoms with Gasteiger partial charge in [0.05, 0.1) is 12.1 Å². The number of phenolic OH excluding ortho intramolecular Hbond substituents is 2. The zero-order valence-corrected chi connectivity index (χ0v) is 30.3. The molecular weight excluding hydrogens is 661 g/mol. The van der Waals surface area contributed by atoms with Crippen LogP contribution in [-0.4, -0.2) is 34.7 Å². The number of rotatable bonds is 9. The van der Waals surface area contributed by atoms with Crippen LogP contribution in [0.15, 0.2) is 180 Å². The number of hydrogen-bond acceptors (Lipinski definition) is 4. The molecule has 0 aliphatic heterocycles. The molecule has 54 heavy (non-hydrogen) atoms. The zero-order chi connectivity index (χ0) is 37.0. The van der Waals surface area contributed by atoms with E-state index in [2.05, 4.69) is 72.8 Å². The second-order valence-electron chi connectivity index (χ2n) is 13.7. The molecule has 2 atom stereocenters.